The largest absolute Gasteiger partial charge is 0.426 e. The third kappa shape index (κ3) is 4.24. The first-order valence-corrected chi connectivity index (χ1v) is 8.26. The SMILES string of the molecule is CC(C)(C)C(=O)Oc1ccc(-c2nnn(Cc3cccc(N)c3)n2)cc1. The molecule has 134 valence electrons. The molecule has 0 fully saturated rings. The summed E-state index contributed by atoms with van der Waals surface area (Å²) >= 11 is 0. The number of carbonyl (C=O) groups is 1. The Labute approximate surface area is 151 Å². The fourth-order valence-corrected chi connectivity index (χ4v) is 2.21. The molecule has 26 heavy (non-hydrogen) atoms. The Kier molecular flexibility index (Phi) is 4.71. The Bertz CT molecular complexity index is 910. The van der Waals surface area contributed by atoms with Gasteiger partial charge in [0.25, 0.3) is 0 Å². The maximum Gasteiger partial charge on any atom is 0.316 e. The van der Waals surface area contributed by atoms with E-state index in [1.807, 2.05) is 45.0 Å². The summed E-state index contributed by atoms with van der Waals surface area (Å²) in [5, 5.41) is 12.5. The minimum absolute atomic E-state index is 0.281. The first-order chi connectivity index (χ1) is 12.3. The number of carbonyl (C=O) groups excluding carboxylic acids is 1. The van der Waals surface area contributed by atoms with Crippen molar-refractivity contribution < 1.29 is 9.53 Å². The third-order valence-corrected chi connectivity index (χ3v) is 3.66. The molecule has 2 aromatic carbocycles. The van der Waals surface area contributed by atoms with Gasteiger partial charge in [0, 0.05) is 11.3 Å². The molecule has 7 heteroatoms. The van der Waals surface area contributed by atoms with Crippen molar-refractivity contribution in [2.45, 2.75) is 27.3 Å². The van der Waals surface area contributed by atoms with Crippen molar-refractivity contribution in [2.75, 3.05) is 5.73 Å². The van der Waals surface area contributed by atoms with Crippen LogP contribution in [0.25, 0.3) is 11.4 Å². The lowest BCUT2D eigenvalue weighted by molar-refractivity contribution is -0.142. The van der Waals surface area contributed by atoms with E-state index in [9.17, 15) is 4.79 Å². The number of nitrogens with two attached hydrogens (primary N) is 1. The van der Waals surface area contributed by atoms with Gasteiger partial charge in [-0.3, -0.25) is 4.79 Å². The molecule has 0 saturated heterocycles. The molecular formula is C19H21N5O2. The second-order valence-electron chi connectivity index (χ2n) is 7.05. The van der Waals surface area contributed by atoms with Crippen molar-refractivity contribution in [1.29, 1.82) is 0 Å². The van der Waals surface area contributed by atoms with E-state index in [1.165, 1.54) is 4.80 Å². The average Bonchev–Trinajstić information content (AvgIpc) is 3.03. The van der Waals surface area contributed by atoms with E-state index < -0.39 is 5.41 Å². The normalized spacial score (nSPS) is 11.3. The maximum atomic E-state index is 11.9. The molecule has 0 aliphatic carbocycles. The average molecular weight is 351 g/mol. The standard InChI is InChI=1S/C19H21N5O2/c1-19(2,3)18(25)26-16-9-7-14(8-10-16)17-21-23-24(22-17)12-13-5-4-6-15(20)11-13/h4-11H,12,20H2,1-3H3. The Hall–Kier alpha value is -3.22. The van der Waals surface area contributed by atoms with Gasteiger partial charge >= 0.3 is 5.97 Å². The summed E-state index contributed by atoms with van der Waals surface area (Å²) in [6.07, 6.45) is 0. The molecule has 3 rings (SSSR count). The van der Waals surface area contributed by atoms with Crippen LogP contribution in [0, 0.1) is 5.41 Å². The molecule has 0 bridgehead atoms. The maximum absolute atomic E-state index is 11.9. The fraction of sp³-hybridized carbons (Fsp3) is 0.263. The van der Waals surface area contributed by atoms with Crippen LogP contribution in [-0.4, -0.2) is 26.2 Å². The molecule has 0 unspecified atom stereocenters. The van der Waals surface area contributed by atoms with Crippen molar-refractivity contribution in [1.82, 2.24) is 20.2 Å². The molecule has 0 atom stereocenters. The summed E-state index contributed by atoms with van der Waals surface area (Å²) in [7, 11) is 0. The predicted molar refractivity (Wildman–Crippen MR) is 98.3 cm³/mol. The highest BCUT2D eigenvalue weighted by molar-refractivity contribution is 5.78. The van der Waals surface area contributed by atoms with Gasteiger partial charge in [0.1, 0.15) is 5.75 Å². The van der Waals surface area contributed by atoms with E-state index in [2.05, 4.69) is 15.4 Å². The minimum Gasteiger partial charge on any atom is -0.426 e. The van der Waals surface area contributed by atoms with Crippen LogP contribution in [-0.2, 0) is 11.3 Å². The van der Waals surface area contributed by atoms with Gasteiger partial charge in [0.2, 0.25) is 5.82 Å². The molecule has 3 aromatic rings. The van der Waals surface area contributed by atoms with Gasteiger partial charge in [0.15, 0.2) is 0 Å². The quantitative estimate of drug-likeness (QED) is 0.441. The van der Waals surface area contributed by atoms with Crippen molar-refractivity contribution >= 4 is 11.7 Å². The lowest BCUT2D eigenvalue weighted by Gasteiger charge is -2.16. The van der Waals surface area contributed by atoms with E-state index in [4.69, 9.17) is 10.5 Å². The number of tetrazole rings is 1. The summed E-state index contributed by atoms with van der Waals surface area (Å²) in [5.41, 5.74) is 7.72. The molecule has 0 radical (unpaired) electrons. The number of ether oxygens (including phenoxy) is 1. The summed E-state index contributed by atoms with van der Waals surface area (Å²) < 4.78 is 5.35. The molecule has 0 amide bonds. The lowest BCUT2D eigenvalue weighted by Crippen LogP contribution is -2.25. The molecule has 1 aromatic heterocycles. The second kappa shape index (κ2) is 6.95. The van der Waals surface area contributed by atoms with Crippen LogP contribution in [0.4, 0.5) is 5.69 Å². The van der Waals surface area contributed by atoms with E-state index in [0.717, 1.165) is 11.1 Å². The van der Waals surface area contributed by atoms with Gasteiger partial charge in [-0.15, -0.1) is 10.2 Å². The number of hydrogen-bond donors (Lipinski definition) is 1. The fourth-order valence-electron chi connectivity index (χ4n) is 2.21. The van der Waals surface area contributed by atoms with Crippen LogP contribution in [0.1, 0.15) is 26.3 Å². The van der Waals surface area contributed by atoms with Gasteiger partial charge in [-0.2, -0.15) is 4.80 Å². The Morgan fingerprint density at radius 2 is 1.88 bits per heavy atom. The molecular weight excluding hydrogens is 330 g/mol. The smallest absolute Gasteiger partial charge is 0.316 e. The minimum atomic E-state index is -0.552. The first-order valence-electron chi connectivity index (χ1n) is 8.26. The van der Waals surface area contributed by atoms with Gasteiger partial charge in [0.05, 0.1) is 12.0 Å². The molecule has 1 heterocycles. The Morgan fingerprint density at radius 1 is 1.15 bits per heavy atom. The van der Waals surface area contributed by atoms with Crippen molar-refractivity contribution in [3.05, 3.63) is 54.1 Å². The molecule has 7 nitrogen and oxygen atoms in total. The summed E-state index contributed by atoms with van der Waals surface area (Å²) in [6.45, 7) is 5.92. The van der Waals surface area contributed by atoms with Crippen molar-refractivity contribution in [2.24, 2.45) is 5.41 Å². The van der Waals surface area contributed by atoms with Gasteiger partial charge in [-0.05, 0) is 67.9 Å². The van der Waals surface area contributed by atoms with Crippen LogP contribution < -0.4 is 10.5 Å². The highest BCUT2D eigenvalue weighted by Gasteiger charge is 2.23. The zero-order valence-corrected chi connectivity index (χ0v) is 15.0. The molecule has 0 aliphatic rings. The zero-order chi connectivity index (χ0) is 18.7. The molecule has 0 aliphatic heterocycles. The zero-order valence-electron chi connectivity index (χ0n) is 15.0. The topological polar surface area (TPSA) is 95.9 Å². The number of anilines is 1. The van der Waals surface area contributed by atoms with Crippen LogP contribution in [0.15, 0.2) is 48.5 Å². The Balaban J connectivity index is 1.70. The first kappa shape index (κ1) is 17.6. The predicted octanol–water partition coefficient (Wildman–Crippen LogP) is 2.92. The number of nitrogens with zero attached hydrogens (tertiary/aromatic N) is 4. The number of esters is 1. The molecule has 0 spiro atoms. The van der Waals surface area contributed by atoms with Crippen molar-refractivity contribution in [3.8, 4) is 17.1 Å². The summed E-state index contributed by atoms with van der Waals surface area (Å²) in [6, 6.07) is 14.6. The summed E-state index contributed by atoms with van der Waals surface area (Å²) in [5.74, 6) is 0.708. The highest BCUT2D eigenvalue weighted by atomic mass is 16.5. The summed E-state index contributed by atoms with van der Waals surface area (Å²) in [4.78, 5) is 13.4. The van der Waals surface area contributed by atoms with E-state index in [-0.39, 0.29) is 5.97 Å². The number of hydrogen-bond acceptors (Lipinski definition) is 6. The molecule has 0 saturated carbocycles. The number of rotatable bonds is 4. The molecule has 2 N–H and O–H groups in total. The number of nitrogen functional groups attached to an aromatic ring is 1. The van der Waals surface area contributed by atoms with E-state index in [0.29, 0.717) is 23.8 Å². The van der Waals surface area contributed by atoms with Gasteiger partial charge < -0.3 is 10.5 Å². The van der Waals surface area contributed by atoms with Gasteiger partial charge in [-0.25, -0.2) is 0 Å². The van der Waals surface area contributed by atoms with Crippen LogP contribution in [0.2, 0.25) is 0 Å². The Morgan fingerprint density at radius 3 is 2.54 bits per heavy atom. The van der Waals surface area contributed by atoms with E-state index >= 15 is 0 Å². The lowest BCUT2D eigenvalue weighted by atomic mass is 9.97. The van der Waals surface area contributed by atoms with Crippen LogP contribution in [0.5, 0.6) is 5.75 Å². The third-order valence-electron chi connectivity index (χ3n) is 3.66. The van der Waals surface area contributed by atoms with Crippen LogP contribution >= 0.6 is 0 Å². The van der Waals surface area contributed by atoms with E-state index in [1.54, 1.807) is 24.3 Å². The second-order valence-corrected chi connectivity index (χ2v) is 7.05. The monoisotopic (exact) mass is 351 g/mol. The highest BCUT2D eigenvalue weighted by Crippen LogP contribution is 2.22. The van der Waals surface area contributed by atoms with Crippen molar-refractivity contribution in [3.63, 3.8) is 0 Å². The number of aromatic nitrogens is 4. The van der Waals surface area contributed by atoms with Gasteiger partial charge in [-0.1, -0.05) is 12.1 Å². The number of benzene rings is 2. The van der Waals surface area contributed by atoms with Crippen LogP contribution in [0.3, 0.4) is 0 Å².